The summed E-state index contributed by atoms with van der Waals surface area (Å²) in [5.74, 6) is 0.296. The lowest BCUT2D eigenvalue weighted by molar-refractivity contribution is 0.102. The van der Waals surface area contributed by atoms with E-state index >= 15 is 0 Å². The lowest BCUT2D eigenvalue weighted by Gasteiger charge is -2.30. The number of rotatable bonds is 4. The summed E-state index contributed by atoms with van der Waals surface area (Å²) in [4.78, 5) is 13.1. The molecule has 1 atom stereocenters. The molecule has 1 heterocycles. The standard InChI is InChI=1S/C19H18N2O3S/c1-11-16(18(23)12-6-4-3-5-7-12)17(21-19(25)20-11)13-8-9-14(22)15(10-13)24-2/h3-10,17,22H,1-2H3,(H2,20,21,25)/t17-/m0/s1. The van der Waals surface area contributed by atoms with Crippen molar-refractivity contribution in [3.8, 4) is 11.5 Å². The molecule has 6 heteroatoms. The van der Waals surface area contributed by atoms with Crippen molar-refractivity contribution in [2.45, 2.75) is 13.0 Å². The maximum absolute atomic E-state index is 13.1. The van der Waals surface area contributed by atoms with Crippen molar-refractivity contribution in [3.63, 3.8) is 0 Å². The molecule has 5 nitrogen and oxygen atoms in total. The number of carbonyl (C=O) groups is 1. The van der Waals surface area contributed by atoms with Crippen LogP contribution in [0.5, 0.6) is 11.5 Å². The van der Waals surface area contributed by atoms with Gasteiger partial charge in [0.05, 0.1) is 13.2 Å². The largest absolute Gasteiger partial charge is 0.504 e. The van der Waals surface area contributed by atoms with Crippen LogP contribution in [0.2, 0.25) is 0 Å². The van der Waals surface area contributed by atoms with Crippen LogP contribution < -0.4 is 15.4 Å². The number of nitrogens with one attached hydrogen (secondary N) is 2. The second kappa shape index (κ2) is 6.94. The molecule has 25 heavy (non-hydrogen) atoms. The first-order chi connectivity index (χ1) is 12.0. The van der Waals surface area contributed by atoms with E-state index in [0.29, 0.717) is 27.7 Å². The van der Waals surface area contributed by atoms with E-state index in [1.165, 1.54) is 7.11 Å². The fourth-order valence-electron chi connectivity index (χ4n) is 2.86. The van der Waals surface area contributed by atoms with E-state index in [4.69, 9.17) is 17.0 Å². The number of phenolic OH excluding ortho intramolecular Hbond substituents is 1. The van der Waals surface area contributed by atoms with Gasteiger partial charge in [0.2, 0.25) is 0 Å². The summed E-state index contributed by atoms with van der Waals surface area (Å²) in [7, 11) is 1.48. The Hall–Kier alpha value is -2.86. The Labute approximate surface area is 151 Å². The number of benzene rings is 2. The van der Waals surface area contributed by atoms with E-state index in [9.17, 15) is 9.90 Å². The van der Waals surface area contributed by atoms with E-state index in [1.807, 2.05) is 25.1 Å². The highest BCUT2D eigenvalue weighted by atomic mass is 32.1. The van der Waals surface area contributed by atoms with Gasteiger partial charge in [-0.05, 0) is 36.8 Å². The molecule has 0 aromatic heterocycles. The number of phenols is 1. The van der Waals surface area contributed by atoms with Crippen LogP contribution in [-0.4, -0.2) is 23.1 Å². The number of thiocarbonyl (C=S) groups is 1. The average Bonchev–Trinajstić information content (AvgIpc) is 2.62. The Morgan fingerprint density at radius 1 is 1.20 bits per heavy atom. The molecular formula is C19H18N2O3S. The number of ether oxygens (including phenoxy) is 1. The van der Waals surface area contributed by atoms with Gasteiger partial charge in [-0.15, -0.1) is 0 Å². The maximum Gasteiger partial charge on any atom is 0.193 e. The van der Waals surface area contributed by atoms with Crippen molar-refractivity contribution in [2.75, 3.05) is 7.11 Å². The zero-order valence-corrected chi connectivity index (χ0v) is 14.7. The highest BCUT2D eigenvalue weighted by molar-refractivity contribution is 7.80. The van der Waals surface area contributed by atoms with Crippen LogP contribution >= 0.6 is 12.2 Å². The summed E-state index contributed by atoms with van der Waals surface area (Å²) in [5, 5.41) is 16.4. The average molecular weight is 354 g/mol. The van der Waals surface area contributed by atoms with Crippen LogP contribution in [0.1, 0.15) is 28.9 Å². The van der Waals surface area contributed by atoms with Gasteiger partial charge in [0.1, 0.15) is 0 Å². The number of aromatic hydroxyl groups is 1. The molecule has 128 valence electrons. The molecule has 3 N–H and O–H groups in total. The van der Waals surface area contributed by atoms with Gasteiger partial charge in [-0.25, -0.2) is 0 Å². The number of hydrogen-bond donors (Lipinski definition) is 3. The lowest BCUT2D eigenvalue weighted by atomic mass is 9.89. The fourth-order valence-corrected chi connectivity index (χ4v) is 3.13. The third kappa shape index (κ3) is 3.34. The quantitative estimate of drug-likeness (QED) is 0.579. The van der Waals surface area contributed by atoms with Gasteiger partial charge in [-0.1, -0.05) is 36.4 Å². The fraction of sp³-hybridized carbons (Fsp3) is 0.158. The molecular weight excluding hydrogens is 336 g/mol. The molecule has 1 aliphatic heterocycles. The van der Waals surface area contributed by atoms with Crippen molar-refractivity contribution < 1.29 is 14.6 Å². The molecule has 0 radical (unpaired) electrons. The van der Waals surface area contributed by atoms with Crippen molar-refractivity contribution in [2.24, 2.45) is 0 Å². The summed E-state index contributed by atoms with van der Waals surface area (Å²) in [6, 6.07) is 13.6. The summed E-state index contributed by atoms with van der Waals surface area (Å²) in [5.41, 5.74) is 2.66. The van der Waals surface area contributed by atoms with Gasteiger partial charge >= 0.3 is 0 Å². The number of ketones is 1. The van der Waals surface area contributed by atoms with E-state index in [2.05, 4.69) is 10.6 Å². The Balaban J connectivity index is 2.08. The van der Waals surface area contributed by atoms with Gasteiger partial charge in [-0.3, -0.25) is 4.79 Å². The van der Waals surface area contributed by atoms with Crippen LogP contribution in [-0.2, 0) is 0 Å². The van der Waals surface area contributed by atoms with Crippen LogP contribution in [0.4, 0.5) is 0 Å². The predicted molar refractivity (Wildman–Crippen MR) is 99.7 cm³/mol. The maximum atomic E-state index is 13.1. The topological polar surface area (TPSA) is 70.6 Å². The summed E-state index contributed by atoms with van der Waals surface area (Å²) >= 11 is 5.25. The molecule has 0 amide bonds. The number of methoxy groups -OCH3 is 1. The minimum atomic E-state index is -0.434. The highest BCUT2D eigenvalue weighted by Crippen LogP contribution is 2.34. The normalized spacial score (nSPS) is 16.9. The van der Waals surface area contributed by atoms with Gasteiger partial charge in [0, 0.05) is 16.8 Å². The first kappa shape index (κ1) is 17.0. The van der Waals surface area contributed by atoms with Gasteiger partial charge < -0.3 is 20.5 Å². The third-order valence-corrected chi connectivity index (χ3v) is 4.31. The van der Waals surface area contributed by atoms with Gasteiger partial charge in [-0.2, -0.15) is 0 Å². The summed E-state index contributed by atoms with van der Waals surface area (Å²) in [6.45, 7) is 1.83. The summed E-state index contributed by atoms with van der Waals surface area (Å²) < 4.78 is 5.18. The highest BCUT2D eigenvalue weighted by Gasteiger charge is 2.30. The molecule has 0 bridgehead atoms. The summed E-state index contributed by atoms with van der Waals surface area (Å²) in [6.07, 6.45) is 0. The molecule has 0 fully saturated rings. The molecule has 2 aromatic carbocycles. The van der Waals surface area contributed by atoms with Gasteiger partial charge in [0.25, 0.3) is 0 Å². The molecule has 0 aliphatic carbocycles. The molecule has 0 unspecified atom stereocenters. The zero-order chi connectivity index (χ0) is 18.0. The number of carbonyl (C=O) groups excluding carboxylic acids is 1. The van der Waals surface area contributed by atoms with Crippen molar-refractivity contribution in [3.05, 3.63) is 70.9 Å². The van der Waals surface area contributed by atoms with Crippen LogP contribution in [0, 0.1) is 0 Å². The Kier molecular flexibility index (Phi) is 4.72. The SMILES string of the molecule is COc1cc([C@@H]2NC(=S)NC(C)=C2C(=O)c2ccccc2)ccc1O. The van der Waals surface area contributed by atoms with E-state index in [1.54, 1.807) is 30.3 Å². The Morgan fingerprint density at radius 3 is 2.60 bits per heavy atom. The van der Waals surface area contributed by atoms with Crippen LogP contribution in [0.3, 0.4) is 0 Å². The van der Waals surface area contributed by atoms with E-state index in [0.717, 1.165) is 5.56 Å². The van der Waals surface area contributed by atoms with E-state index < -0.39 is 6.04 Å². The minimum Gasteiger partial charge on any atom is -0.504 e. The molecule has 0 saturated heterocycles. The molecule has 1 aliphatic rings. The second-order valence-corrected chi connectivity index (χ2v) is 6.10. The number of hydrogen-bond acceptors (Lipinski definition) is 4. The second-order valence-electron chi connectivity index (χ2n) is 5.70. The number of Topliss-reactive ketones (excluding diaryl/α,β-unsaturated/α-hetero) is 1. The molecule has 2 aromatic rings. The van der Waals surface area contributed by atoms with Crippen molar-refractivity contribution in [1.29, 1.82) is 0 Å². The smallest absolute Gasteiger partial charge is 0.193 e. The first-order valence-electron chi connectivity index (χ1n) is 7.76. The molecule has 0 saturated carbocycles. The van der Waals surface area contributed by atoms with Crippen molar-refractivity contribution >= 4 is 23.1 Å². The minimum absolute atomic E-state index is 0.0411. The Bertz CT molecular complexity index is 862. The Morgan fingerprint density at radius 2 is 1.92 bits per heavy atom. The molecule has 3 rings (SSSR count). The monoisotopic (exact) mass is 354 g/mol. The lowest BCUT2D eigenvalue weighted by Crippen LogP contribution is -2.44. The zero-order valence-electron chi connectivity index (χ0n) is 13.9. The first-order valence-corrected chi connectivity index (χ1v) is 8.17. The predicted octanol–water partition coefficient (Wildman–Crippen LogP) is 3.08. The van der Waals surface area contributed by atoms with E-state index in [-0.39, 0.29) is 11.5 Å². The van der Waals surface area contributed by atoms with Crippen molar-refractivity contribution in [1.82, 2.24) is 10.6 Å². The molecule has 0 spiro atoms. The van der Waals surface area contributed by atoms with Crippen LogP contribution in [0.25, 0.3) is 0 Å². The van der Waals surface area contributed by atoms with Crippen LogP contribution in [0.15, 0.2) is 59.8 Å². The van der Waals surface area contributed by atoms with Gasteiger partial charge in [0.15, 0.2) is 22.4 Å². The third-order valence-electron chi connectivity index (χ3n) is 4.09. The number of allylic oxidation sites excluding steroid dienone is 1.